The number of hydrogen-bond donors (Lipinski definition) is 4. The largest absolute Gasteiger partial charge is 0.493 e. The minimum absolute atomic E-state index is 0.0297. The van der Waals surface area contributed by atoms with E-state index in [4.69, 9.17) is 10.00 Å². The molecule has 3 fully saturated rings. The molecule has 0 saturated carbocycles. The molecule has 308 valence electrons. The molecule has 3 aliphatic rings. The highest BCUT2D eigenvalue weighted by atomic mass is 32.1. The van der Waals surface area contributed by atoms with Gasteiger partial charge in [-0.3, -0.25) is 38.7 Å². The van der Waals surface area contributed by atoms with E-state index in [1.165, 1.54) is 6.07 Å². The minimum atomic E-state index is -4.87. The lowest BCUT2D eigenvalue weighted by Crippen LogP contribution is -2.47. The van der Waals surface area contributed by atoms with Crippen LogP contribution in [0.15, 0.2) is 54.7 Å². The predicted molar refractivity (Wildman–Crippen MR) is 211 cm³/mol. The molecule has 2 unspecified atom stereocenters. The lowest BCUT2D eigenvalue weighted by molar-refractivity contribution is -0.138. The Labute approximate surface area is 338 Å². The molecule has 0 aliphatic carbocycles. The molecule has 18 heteroatoms. The van der Waals surface area contributed by atoms with E-state index in [2.05, 4.69) is 38.5 Å². The first-order chi connectivity index (χ1) is 27.6. The van der Waals surface area contributed by atoms with E-state index < -0.39 is 47.1 Å². The summed E-state index contributed by atoms with van der Waals surface area (Å²) in [6.45, 7) is 4.58. The van der Waals surface area contributed by atoms with Gasteiger partial charge in [0.15, 0.2) is 11.2 Å². The quantitative estimate of drug-likeness (QED) is 0.0962. The third kappa shape index (κ3) is 9.47. The molecule has 2 atom stereocenters. The lowest BCUT2D eigenvalue weighted by Gasteiger charge is -2.34. The monoisotopic (exact) mass is 824 g/mol. The Morgan fingerprint density at radius 2 is 1.81 bits per heavy atom. The second-order valence-electron chi connectivity index (χ2n) is 15.0. The predicted octanol–water partition coefficient (Wildman–Crippen LogP) is 5.67. The summed E-state index contributed by atoms with van der Waals surface area (Å²) >= 11 is 4.64. The molecule has 2 aromatic carbocycles. The summed E-state index contributed by atoms with van der Waals surface area (Å²) in [5, 5.41) is 17.5. The fourth-order valence-electron chi connectivity index (χ4n) is 7.55. The zero-order chi connectivity index (χ0) is 41.8. The number of pyridine rings is 1. The number of anilines is 4. The fourth-order valence-corrected chi connectivity index (χ4v) is 8.21. The van der Waals surface area contributed by atoms with Crippen LogP contribution in [0.1, 0.15) is 62.8 Å². The van der Waals surface area contributed by atoms with Crippen LogP contribution < -0.4 is 30.5 Å². The topological polar surface area (TPSA) is 160 Å². The number of ether oxygens (including phenoxy) is 1. The Morgan fingerprint density at radius 1 is 1.07 bits per heavy atom. The van der Waals surface area contributed by atoms with Gasteiger partial charge >= 0.3 is 6.18 Å². The number of aryl methyl sites for hydroxylation is 1. The number of imide groups is 1. The number of carbonyl (C=O) groups is 4. The normalized spacial score (nSPS) is 20.1. The second kappa shape index (κ2) is 17.6. The smallest absolute Gasteiger partial charge is 0.419 e. The van der Waals surface area contributed by atoms with E-state index in [9.17, 15) is 36.7 Å². The molecule has 3 N–H and O–H groups in total. The van der Waals surface area contributed by atoms with Crippen molar-refractivity contribution in [1.82, 2.24) is 15.2 Å². The zero-order valence-electron chi connectivity index (χ0n) is 31.9. The van der Waals surface area contributed by atoms with Crippen molar-refractivity contribution in [2.75, 3.05) is 53.3 Å². The van der Waals surface area contributed by atoms with Crippen molar-refractivity contribution in [1.29, 1.82) is 5.26 Å². The van der Waals surface area contributed by atoms with Crippen LogP contribution in [-0.2, 0) is 31.8 Å². The zero-order valence-corrected chi connectivity index (χ0v) is 32.8. The van der Waals surface area contributed by atoms with Crippen LogP contribution in [0, 0.1) is 17.2 Å². The summed E-state index contributed by atoms with van der Waals surface area (Å²) in [4.78, 5) is 58.6. The molecule has 3 aliphatic heterocycles. The number of rotatable bonds is 13. The van der Waals surface area contributed by atoms with Gasteiger partial charge in [0, 0.05) is 29.9 Å². The van der Waals surface area contributed by atoms with Crippen molar-refractivity contribution < 1.29 is 41.5 Å². The van der Waals surface area contributed by atoms with Gasteiger partial charge in [-0.15, -0.1) is 12.6 Å². The minimum Gasteiger partial charge on any atom is -0.493 e. The number of benzene rings is 2. The Hall–Kier alpha value is -5.41. The molecule has 6 rings (SSSR count). The van der Waals surface area contributed by atoms with E-state index in [0.717, 1.165) is 43.4 Å². The fraction of sp³-hybridized carbons (Fsp3) is 0.450. The van der Waals surface area contributed by atoms with Gasteiger partial charge in [-0.1, -0.05) is 6.07 Å². The highest BCUT2D eigenvalue weighted by molar-refractivity contribution is 7.81. The summed E-state index contributed by atoms with van der Waals surface area (Å²) in [6.07, 6.45) is -0.708. The van der Waals surface area contributed by atoms with Crippen LogP contribution in [0.4, 0.5) is 40.3 Å². The van der Waals surface area contributed by atoms with Crippen molar-refractivity contribution in [2.24, 2.45) is 5.92 Å². The average molecular weight is 825 g/mol. The lowest BCUT2D eigenvalue weighted by atomic mass is 9.94. The maximum atomic E-state index is 13.8. The van der Waals surface area contributed by atoms with Gasteiger partial charge in [0.2, 0.25) is 17.7 Å². The molecule has 0 spiro atoms. The number of carbonyl (C=O) groups excluding carboxylic acids is 4. The molecule has 1 aromatic heterocycles. The third-order valence-electron chi connectivity index (χ3n) is 10.6. The second-order valence-corrected chi connectivity index (χ2v) is 15.5. The molecule has 4 heterocycles. The Kier molecular flexibility index (Phi) is 12.8. The summed E-state index contributed by atoms with van der Waals surface area (Å²) < 4.78 is 61.2. The van der Waals surface area contributed by atoms with E-state index in [-0.39, 0.29) is 42.8 Å². The number of hydrogen-bond acceptors (Lipinski definition) is 11. The van der Waals surface area contributed by atoms with Crippen molar-refractivity contribution in [3.8, 4) is 11.8 Å². The SMILES string of the molecule is CC1(C)C(=O)N(c2cnc(C#N)c(C(F)(F)F)c2)C(S)N1c1ccc(OCCC2CCN(CC(=O)Nc3cccc(NC4CCC(=O)NC4=O)c3)CC2)c(CCF)c1. The number of nitrogens with zero attached hydrogens (tertiary/aromatic N) is 5. The number of nitriles is 1. The number of piperidine rings is 2. The van der Waals surface area contributed by atoms with Crippen molar-refractivity contribution in [2.45, 2.75) is 75.6 Å². The highest BCUT2D eigenvalue weighted by Crippen LogP contribution is 2.43. The van der Waals surface area contributed by atoms with Gasteiger partial charge in [-0.2, -0.15) is 18.4 Å². The first-order valence-corrected chi connectivity index (χ1v) is 19.4. The maximum absolute atomic E-state index is 13.8. The van der Waals surface area contributed by atoms with E-state index in [1.54, 1.807) is 61.2 Å². The van der Waals surface area contributed by atoms with Crippen molar-refractivity contribution in [3.63, 3.8) is 0 Å². The first-order valence-electron chi connectivity index (χ1n) is 18.9. The number of amides is 4. The van der Waals surface area contributed by atoms with E-state index in [0.29, 0.717) is 53.4 Å². The van der Waals surface area contributed by atoms with Crippen LogP contribution in [0.5, 0.6) is 5.75 Å². The van der Waals surface area contributed by atoms with Gasteiger partial charge in [-0.25, -0.2) is 4.98 Å². The Morgan fingerprint density at radius 3 is 2.50 bits per heavy atom. The molecule has 0 bridgehead atoms. The molecule has 3 saturated heterocycles. The third-order valence-corrected chi connectivity index (χ3v) is 11.1. The van der Waals surface area contributed by atoms with Crippen LogP contribution in [0.3, 0.4) is 0 Å². The molecule has 3 aromatic rings. The van der Waals surface area contributed by atoms with Crippen LogP contribution in [-0.4, -0.2) is 83.5 Å². The standard InChI is InChI=1S/C40H44F4N8O5S/c1-39(2)37(56)51(29-20-30(40(42,43)44)32(21-45)46-22-29)38(58)52(39)28-6-8-33(25(18-28)10-14-41)57-17-13-24-11-15-50(16-12-24)23-35(54)48-27-5-3-4-26(19-27)47-31-7-9-34(53)49-36(31)55/h3-6,8,18-20,22,24,31,38,47,58H,7,9-17,23H2,1-2H3,(H,48,54)(H,49,53,55). The maximum Gasteiger partial charge on any atom is 0.419 e. The summed E-state index contributed by atoms with van der Waals surface area (Å²) in [5.74, 6) is -0.547. The first kappa shape index (κ1) is 42.2. The number of thiol groups is 1. The summed E-state index contributed by atoms with van der Waals surface area (Å²) in [5.41, 5.74) is -2.29. The molecule has 58 heavy (non-hydrogen) atoms. The molecule has 4 amide bonds. The number of alkyl halides is 4. The summed E-state index contributed by atoms with van der Waals surface area (Å²) in [7, 11) is 0. The van der Waals surface area contributed by atoms with Crippen molar-refractivity contribution >= 4 is 59.0 Å². The number of nitrogens with one attached hydrogen (secondary N) is 3. The Balaban J connectivity index is 1.01. The van der Waals surface area contributed by atoms with Gasteiger partial charge in [0.25, 0.3) is 5.91 Å². The summed E-state index contributed by atoms with van der Waals surface area (Å²) in [6, 6.07) is 13.8. The van der Waals surface area contributed by atoms with Gasteiger partial charge < -0.3 is 20.3 Å². The molecule has 0 radical (unpaired) electrons. The van der Waals surface area contributed by atoms with Crippen LogP contribution in [0.2, 0.25) is 0 Å². The van der Waals surface area contributed by atoms with E-state index >= 15 is 0 Å². The van der Waals surface area contributed by atoms with Gasteiger partial charge in [0.1, 0.15) is 23.4 Å². The number of likely N-dealkylation sites (tertiary alicyclic amines) is 1. The number of halogens is 4. The Bertz CT molecular complexity index is 2090. The molecular formula is C40H44F4N8O5S. The van der Waals surface area contributed by atoms with E-state index in [1.807, 2.05) is 0 Å². The molecule has 13 nitrogen and oxygen atoms in total. The highest BCUT2D eigenvalue weighted by Gasteiger charge is 2.52. The van der Waals surface area contributed by atoms with Crippen LogP contribution >= 0.6 is 12.6 Å². The number of aromatic nitrogens is 1. The van der Waals surface area contributed by atoms with Gasteiger partial charge in [0.05, 0.1) is 37.3 Å². The van der Waals surface area contributed by atoms with Crippen molar-refractivity contribution in [3.05, 3.63) is 71.5 Å². The average Bonchev–Trinajstić information content (AvgIpc) is 3.35. The molecular weight excluding hydrogens is 781 g/mol. The van der Waals surface area contributed by atoms with Gasteiger partial charge in [-0.05, 0) is 107 Å². The van der Waals surface area contributed by atoms with Crippen LogP contribution in [0.25, 0.3) is 0 Å².